The van der Waals surface area contributed by atoms with E-state index in [9.17, 15) is 9.59 Å². The summed E-state index contributed by atoms with van der Waals surface area (Å²) >= 11 is 1.33. The van der Waals surface area contributed by atoms with Crippen LogP contribution in [0, 0.1) is 0 Å². The molecule has 0 spiro atoms. The summed E-state index contributed by atoms with van der Waals surface area (Å²) < 4.78 is 0. The van der Waals surface area contributed by atoms with Crippen molar-refractivity contribution in [1.29, 1.82) is 0 Å². The Kier molecular flexibility index (Phi) is 5.60. The van der Waals surface area contributed by atoms with Gasteiger partial charge in [-0.15, -0.1) is 11.8 Å². The van der Waals surface area contributed by atoms with Crippen LogP contribution in [0.3, 0.4) is 0 Å². The lowest BCUT2D eigenvalue weighted by Gasteiger charge is -2.30. The maximum atomic E-state index is 12.5. The summed E-state index contributed by atoms with van der Waals surface area (Å²) in [5.41, 5.74) is 8.35. The summed E-state index contributed by atoms with van der Waals surface area (Å²) in [4.78, 5) is 26.5. The van der Waals surface area contributed by atoms with Crippen molar-refractivity contribution in [2.24, 2.45) is 5.73 Å². The van der Waals surface area contributed by atoms with Crippen LogP contribution >= 0.6 is 11.8 Å². The fraction of sp³-hybridized carbons (Fsp3) is 0.263. The van der Waals surface area contributed by atoms with Gasteiger partial charge in [-0.3, -0.25) is 9.59 Å². The van der Waals surface area contributed by atoms with Gasteiger partial charge >= 0.3 is 0 Å². The molecule has 1 aliphatic rings. The molecule has 0 radical (unpaired) electrons. The van der Waals surface area contributed by atoms with Gasteiger partial charge in [0.1, 0.15) is 0 Å². The van der Waals surface area contributed by atoms with Crippen LogP contribution in [0.25, 0.3) is 0 Å². The van der Waals surface area contributed by atoms with E-state index in [1.165, 1.54) is 17.3 Å². The second-order valence-corrected chi connectivity index (χ2v) is 6.97. The third kappa shape index (κ3) is 4.54. The quantitative estimate of drug-likeness (QED) is 0.781. The number of carbonyl (C=O) groups excluding carboxylic acids is 2. The number of amides is 2. The number of carbonyl (C=O) groups is 2. The van der Waals surface area contributed by atoms with Crippen molar-refractivity contribution < 1.29 is 9.59 Å². The van der Waals surface area contributed by atoms with Crippen molar-refractivity contribution in [2.75, 3.05) is 29.1 Å². The first-order chi connectivity index (χ1) is 12.1. The predicted molar refractivity (Wildman–Crippen MR) is 102 cm³/mol. The molecule has 0 aliphatic carbocycles. The Morgan fingerprint density at radius 3 is 2.72 bits per heavy atom. The lowest BCUT2D eigenvalue weighted by atomic mass is 10.0. The van der Waals surface area contributed by atoms with E-state index in [-0.39, 0.29) is 17.6 Å². The van der Waals surface area contributed by atoms with E-state index in [2.05, 4.69) is 22.3 Å². The number of nitrogens with two attached hydrogens (primary N) is 1. The zero-order chi connectivity index (χ0) is 17.6. The van der Waals surface area contributed by atoms with Crippen LogP contribution < -0.4 is 16.0 Å². The highest BCUT2D eigenvalue weighted by Gasteiger charge is 2.19. The Bertz CT molecular complexity index is 779. The van der Waals surface area contributed by atoms with Crippen molar-refractivity contribution in [3.8, 4) is 0 Å². The highest BCUT2D eigenvalue weighted by Crippen LogP contribution is 2.28. The maximum absolute atomic E-state index is 12.5. The Morgan fingerprint density at radius 2 is 1.88 bits per heavy atom. The van der Waals surface area contributed by atoms with Gasteiger partial charge in [0, 0.05) is 17.1 Å². The van der Waals surface area contributed by atoms with Crippen molar-refractivity contribution in [3.63, 3.8) is 0 Å². The third-order valence-electron chi connectivity index (χ3n) is 4.07. The molecular weight excluding hydrogens is 334 g/mol. The Balaban J connectivity index is 1.67. The predicted octanol–water partition coefficient (Wildman–Crippen LogP) is 2.66. The lowest BCUT2D eigenvalue weighted by molar-refractivity contribution is -0.116. The fourth-order valence-electron chi connectivity index (χ4n) is 2.98. The molecule has 2 aromatic carbocycles. The number of hydrogen-bond acceptors (Lipinski definition) is 4. The van der Waals surface area contributed by atoms with Crippen molar-refractivity contribution >= 4 is 35.0 Å². The van der Waals surface area contributed by atoms with Crippen LogP contribution in [0.15, 0.2) is 53.4 Å². The van der Waals surface area contributed by atoms with Crippen LogP contribution in [-0.4, -0.2) is 30.7 Å². The van der Waals surface area contributed by atoms with Gasteiger partial charge in [0.05, 0.1) is 18.0 Å². The molecule has 2 amide bonds. The van der Waals surface area contributed by atoms with E-state index < -0.39 is 0 Å². The van der Waals surface area contributed by atoms with Crippen LogP contribution in [0.1, 0.15) is 12.0 Å². The number of benzene rings is 2. The summed E-state index contributed by atoms with van der Waals surface area (Å²) in [6.45, 7) is 1.19. The molecule has 3 rings (SSSR count). The number of hydrogen-bond donors (Lipinski definition) is 2. The van der Waals surface area contributed by atoms with Crippen LogP contribution in [0.4, 0.5) is 11.4 Å². The number of nitrogens with one attached hydrogen (secondary N) is 1. The third-order valence-corrected chi connectivity index (χ3v) is 5.17. The van der Waals surface area contributed by atoms with Gasteiger partial charge in [-0.2, -0.15) is 0 Å². The Hall–Kier alpha value is -2.47. The van der Waals surface area contributed by atoms with Crippen molar-refractivity contribution in [2.45, 2.75) is 17.7 Å². The zero-order valence-electron chi connectivity index (χ0n) is 13.9. The standard InChI is InChI=1S/C19H21N3O2S/c20-18(23)13-25-17-10-4-2-8-15(17)21-19(24)12-22-11-5-7-14-6-1-3-9-16(14)22/h1-4,6,8-10H,5,7,11-13H2,(H2,20,23)(H,21,24). The minimum absolute atomic E-state index is 0.0659. The second-order valence-electron chi connectivity index (χ2n) is 5.95. The molecule has 6 heteroatoms. The Labute approximate surface area is 151 Å². The van der Waals surface area contributed by atoms with E-state index in [1.807, 2.05) is 36.4 Å². The number of rotatable bonds is 6. The van der Waals surface area contributed by atoms with Gasteiger partial charge in [0.15, 0.2) is 0 Å². The van der Waals surface area contributed by atoms with Crippen molar-refractivity contribution in [1.82, 2.24) is 0 Å². The van der Waals surface area contributed by atoms with Gasteiger partial charge in [-0.25, -0.2) is 0 Å². The van der Waals surface area contributed by atoms with E-state index in [0.717, 1.165) is 30.0 Å². The summed E-state index contributed by atoms with van der Waals surface area (Å²) in [7, 11) is 0. The first-order valence-electron chi connectivity index (χ1n) is 8.26. The molecule has 0 atom stereocenters. The molecule has 0 saturated carbocycles. The van der Waals surface area contributed by atoms with E-state index in [4.69, 9.17) is 5.73 Å². The first kappa shape index (κ1) is 17.4. The number of para-hydroxylation sites is 2. The highest BCUT2D eigenvalue weighted by atomic mass is 32.2. The number of aryl methyl sites for hydroxylation is 1. The minimum Gasteiger partial charge on any atom is -0.369 e. The molecular formula is C19H21N3O2S. The SMILES string of the molecule is NC(=O)CSc1ccccc1NC(=O)CN1CCCc2ccccc21. The lowest BCUT2D eigenvalue weighted by Crippen LogP contribution is -2.36. The highest BCUT2D eigenvalue weighted by molar-refractivity contribution is 8.00. The summed E-state index contributed by atoms with van der Waals surface area (Å²) in [6, 6.07) is 15.7. The summed E-state index contributed by atoms with van der Waals surface area (Å²) in [5.74, 6) is -0.258. The van der Waals surface area contributed by atoms with Crippen LogP contribution in [0.5, 0.6) is 0 Å². The van der Waals surface area contributed by atoms with Gasteiger partial charge in [0.25, 0.3) is 0 Å². The molecule has 5 nitrogen and oxygen atoms in total. The molecule has 0 saturated heterocycles. The van der Waals surface area contributed by atoms with E-state index >= 15 is 0 Å². The number of nitrogens with zero attached hydrogens (tertiary/aromatic N) is 1. The van der Waals surface area contributed by atoms with E-state index in [0.29, 0.717) is 12.2 Å². The second kappa shape index (κ2) is 8.07. The number of anilines is 2. The zero-order valence-corrected chi connectivity index (χ0v) is 14.7. The molecule has 2 aromatic rings. The van der Waals surface area contributed by atoms with Crippen LogP contribution in [-0.2, 0) is 16.0 Å². The first-order valence-corrected chi connectivity index (χ1v) is 9.25. The average molecular weight is 355 g/mol. The molecule has 3 N–H and O–H groups in total. The molecule has 0 bridgehead atoms. The monoisotopic (exact) mass is 355 g/mol. The average Bonchev–Trinajstić information content (AvgIpc) is 2.61. The van der Waals surface area contributed by atoms with Gasteiger partial charge in [-0.1, -0.05) is 30.3 Å². The Morgan fingerprint density at radius 1 is 1.12 bits per heavy atom. The number of primary amides is 1. The van der Waals surface area contributed by atoms with Gasteiger partial charge in [-0.05, 0) is 36.6 Å². The topological polar surface area (TPSA) is 75.4 Å². The summed E-state index contributed by atoms with van der Waals surface area (Å²) in [6.07, 6.45) is 2.11. The molecule has 0 fully saturated rings. The molecule has 1 aliphatic heterocycles. The molecule has 0 aromatic heterocycles. The number of fused-ring (bicyclic) bond motifs is 1. The van der Waals surface area contributed by atoms with Crippen molar-refractivity contribution in [3.05, 3.63) is 54.1 Å². The molecule has 0 unspecified atom stereocenters. The normalized spacial score (nSPS) is 13.2. The largest absolute Gasteiger partial charge is 0.369 e. The molecule has 1 heterocycles. The van der Waals surface area contributed by atoms with Gasteiger partial charge in [0.2, 0.25) is 11.8 Å². The fourth-order valence-corrected chi connectivity index (χ4v) is 3.73. The van der Waals surface area contributed by atoms with Crippen LogP contribution in [0.2, 0.25) is 0 Å². The smallest absolute Gasteiger partial charge is 0.243 e. The maximum Gasteiger partial charge on any atom is 0.243 e. The van der Waals surface area contributed by atoms with Gasteiger partial charge < -0.3 is 16.0 Å². The van der Waals surface area contributed by atoms with E-state index in [1.54, 1.807) is 0 Å². The summed E-state index contributed by atoms with van der Waals surface area (Å²) in [5, 5.41) is 2.96. The number of thioether (sulfide) groups is 1. The molecule has 25 heavy (non-hydrogen) atoms. The minimum atomic E-state index is -0.379. The molecule has 130 valence electrons.